The molecule has 8 nitrogen and oxygen atoms in total. The molecule has 0 saturated heterocycles. The Kier molecular flexibility index (Phi) is 5.49. The minimum atomic E-state index is -3.81. The summed E-state index contributed by atoms with van der Waals surface area (Å²) in [6, 6.07) is 10.8. The first-order chi connectivity index (χ1) is 11.8. The number of amides is 1. The molecule has 0 spiro atoms. The molecule has 9 heteroatoms. The van der Waals surface area contributed by atoms with E-state index < -0.39 is 20.9 Å². The van der Waals surface area contributed by atoms with Gasteiger partial charge in [-0.05, 0) is 36.4 Å². The summed E-state index contributed by atoms with van der Waals surface area (Å²) in [4.78, 5) is 20.8. The van der Waals surface area contributed by atoms with Gasteiger partial charge in [0.2, 0.25) is 15.9 Å². The van der Waals surface area contributed by atoms with E-state index in [0.29, 0.717) is 11.1 Å². The first-order valence-electron chi connectivity index (χ1n) is 6.92. The number of primary amides is 1. The predicted molar refractivity (Wildman–Crippen MR) is 90.1 cm³/mol. The summed E-state index contributed by atoms with van der Waals surface area (Å²) in [7, 11) is -3.81. The highest BCUT2D eigenvalue weighted by molar-refractivity contribution is 7.89. The maximum Gasteiger partial charge on any atom is 0.269 e. The molecule has 0 radical (unpaired) electrons. The van der Waals surface area contributed by atoms with Crippen LogP contribution in [0.4, 0.5) is 5.69 Å². The predicted octanol–water partition coefficient (Wildman–Crippen LogP) is 1.02. The quantitative estimate of drug-likeness (QED) is 0.467. The fraction of sp³-hybridized carbons (Fsp3) is 0.0625. The van der Waals surface area contributed by atoms with Crippen LogP contribution < -0.4 is 10.5 Å². The number of non-ortho nitro benzene ring substituents is 1. The highest BCUT2D eigenvalue weighted by Gasteiger charge is 2.14. The fourth-order valence-electron chi connectivity index (χ4n) is 1.83. The Hall–Kier alpha value is -3.22. The molecule has 0 aliphatic heterocycles. The van der Waals surface area contributed by atoms with E-state index >= 15 is 0 Å². The maximum atomic E-state index is 12.0. The molecule has 2 rings (SSSR count). The first kappa shape index (κ1) is 18.1. The van der Waals surface area contributed by atoms with E-state index in [1.807, 2.05) is 0 Å². The largest absolute Gasteiger partial charge is 0.366 e. The molecule has 0 aromatic heterocycles. The lowest BCUT2D eigenvalue weighted by Gasteiger charge is -2.03. The van der Waals surface area contributed by atoms with Crippen molar-refractivity contribution >= 4 is 21.6 Å². The number of carbonyl (C=O) groups is 1. The number of nitro groups is 1. The second-order valence-electron chi connectivity index (χ2n) is 4.82. The van der Waals surface area contributed by atoms with Crippen molar-refractivity contribution < 1.29 is 18.1 Å². The zero-order valence-corrected chi connectivity index (χ0v) is 13.6. The van der Waals surface area contributed by atoms with Crippen molar-refractivity contribution in [2.24, 2.45) is 5.73 Å². The fourth-order valence-corrected chi connectivity index (χ4v) is 2.75. The average molecular weight is 359 g/mol. The summed E-state index contributed by atoms with van der Waals surface area (Å²) < 4.78 is 26.4. The molecule has 3 N–H and O–H groups in total. The Morgan fingerprint density at radius 1 is 1.12 bits per heavy atom. The molecule has 128 valence electrons. The molecule has 2 aromatic carbocycles. The molecule has 2 aromatic rings. The van der Waals surface area contributed by atoms with Gasteiger partial charge in [0.15, 0.2) is 0 Å². The summed E-state index contributed by atoms with van der Waals surface area (Å²) in [5.74, 6) is 4.84. The van der Waals surface area contributed by atoms with E-state index in [1.165, 1.54) is 12.1 Å². The number of hydrogen-bond acceptors (Lipinski definition) is 5. The van der Waals surface area contributed by atoms with Crippen LogP contribution in [0.2, 0.25) is 0 Å². The summed E-state index contributed by atoms with van der Waals surface area (Å²) in [5.41, 5.74) is 5.88. The molecule has 0 bridgehead atoms. The van der Waals surface area contributed by atoms with Gasteiger partial charge in [0.1, 0.15) is 0 Å². The van der Waals surface area contributed by atoms with Crippen molar-refractivity contribution in [1.29, 1.82) is 0 Å². The second-order valence-corrected chi connectivity index (χ2v) is 6.59. The number of benzene rings is 2. The van der Waals surface area contributed by atoms with Crippen LogP contribution in [-0.2, 0) is 10.0 Å². The van der Waals surface area contributed by atoms with Crippen molar-refractivity contribution in [3.8, 4) is 11.8 Å². The molecular formula is C16H13N3O5S. The number of nitrogens with two attached hydrogens (primary N) is 1. The Labute approximate surface area is 143 Å². The number of nitrogens with zero attached hydrogens (tertiary/aromatic N) is 1. The third-order valence-electron chi connectivity index (χ3n) is 3.11. The van der Waals surface area contributed by atoms with Gasteiger partial charge in [0.25, 0.3) is 5.69 Å². The molecular weight excluding hydrogens is 346 g/mol. The van der Waals surface area contributed by atoms with Gasteiger partial charge in [0, 0.05) is 23.3 Å². The highest BCUT2D eigenvalue weighted by Crippen LogP contribution is 2.15. The van der Waals surface area contributed by atoms with Gasteiger partial charge in [-0.25, -0.2) is 8.42 Å². The summed E-state index contributed by atoms with van der Waals surface area (Å²) in [6.07, 6.45) is 0. The monoisotopic (exact) mass is 359 g/mol. The van der Waals surface area contributed by atoms with Crippen LogP contribution in [-0.4, -0.2) is 25.8 Å². The van der Waals surface area contributed by atoms with E-state index in [0.717, 1.165) is 24.3 Å². The van der Waals surface area contributed by atoms with Gasteiger partial charge < -0.3 is 5.73 Å². The maximum absolute atomic E-state index is 12.0. The normalized spacial score (nSPS) is 10.6. The lowest BCUT2D eigenvalue weighted by molar-refractivity contribution is -0.384. The van der Waals surface area contributed by atoms with Crippen LogP contribution in [0.3, 0.4) is 0 Å². The number of rotatable bonds is 5. The third-order valence-corrected chi connectivity index (χ3v) is 4.53. The number of sulfonamides is 1. The van der Waals surface area contributed by atoms with Gasteiger partial charge in [0.05, 0.1) is 16.4 Å². The van der Waals surface area contributed by atoms with Crippen LogP contribution in [0.25, 0.3) is 0 Å². The SMILES string of the molecule is NC(=O)c1ccc(C#CCNS(=O)(=O)c2ccc([N+](=O)[O-])cc2)cc1. The molecule has 0 aliphatic carbocycles. The van der Waals surface area contributed by atoms with Crippen molar-refractivity contribution in [2.75, 3.05) is 6.54 Å². The Morgan fingerprint density at radius 2 is 1.72 bits per heavy atom. The Balaban J connectivity index is 2.01. The number of nitrogens with one attached hydrogen (secondary N) is 1. The summed E-state index contributed by atoms with van der Waals surface area (Å²) in [5, 5.41) is 10.6. The zero-order valence-electron chi connectivity index (χ0n) is 12.8. The number of nitro benzene ring substituents is 1. The van der Waals surface area contributed by atoms with E-state index in [9.17, 15) is 23.3 Å². The highest BCUT2D eigenvalue weighted by atomic mass is 32.2. The van der Waals surface area contributed by atoms with Crippen LogP contribution in [0.5, 0.6) is 0 Å². The first-order valence-corrected chi connectivity index (χ1v) is 8.41. The van der Waals surface area contributed by atoms with Gasteiger partial charge in [-0.1, -0.05) is 11.8 Å². The van der Waals surface area contributed by atoms with Crippen molar-refractivity contribution in [3.05, 3.63) is 69.8 Å². The molecule has 1 amide bonds. The van der Waals surface area contributed by atoms with Gasteiger partial charge >= 0.3 is 0 Å². The Morgan fingerprint density at radius 3 is 2.24 bits per heavy atom. The Bertz CT molecular complexity index is 956. The van der Waals surface area contributed by atoms with Crippen molar-refractivity contribution in [2.45, 2.75) is 4.90 Å². The summed E-state index contributed by atoms with van der Waals surface area (Å²) >= 11 is 0. The molecule has 0 aliphatic rings. The minimum absolute atomic E-state index is 0.0919. The van der Waals surface area contributed by atoms with Crippen molar-refractivity contribution in [3.63, 3.8) is 0 Å². The smallest absolute Gasteiger partial charge is 0.269 e. The summed E-state index contributed by atoms with van der Waals surface area (Å²) in [6.45, 7) is -0.142. The van der Waals surface area contributed by atoms with E-state index in [4.69, 9.17) is 5.73 Å². The molecule has 0 atom stereocenters. The molecule has 0 saturated carbocycles. The standard InChI is InChI=1S/C16H13N3O5S/c17-16(20)13-5-3-12(4-6-13)2-1-11-18-25(23,24)15-9-7-14(8-10-15)19(21)22/h3-10,18H,11H2,(H2,17,20). The van der Waals surface area contributed by atoms with Gasteiger partial charge in [-0.2, -0.15) is 4.72 Å². The molecule has 0 unspecified atom stereocenters. The average Bonchev–Trinajstić information content (AvgIpc) is 2.59. The lowest BCUT2D eigenvalue weighted by atomic mass is 10.1. The second kappa shape index (κ2) is 7.57. The molecule has 25 heavy (non-hydrogen) atoms. The van der Waals surface area contributed by atoms with Crippen LogP contribution in [0.1, 0.15) is 15.9 Å². The minimum Gasteiger partial charge on any atom is -0.366 e. The van der Waals surface area contributed by atoms with Crippen molar-refractivity contribution in [1.82, 2.24) is 4.72 Å². The topological polar surface area (TPSA) is 132 Å². The van der Waals surface area contributed by atoms with E-state index in [-0.39, 0.29) is 17.1 Å². The van der Waals surface area contributed by atoms with Crippen LogP contribution in [0, 0.1) is 22.0 Å². The van der Waals surface area contributed by atoms with Gasteiger partial charge in [-0.15, -0.1) is 0 Å². The van der Waals surface area contributed by atoms with Gasteiger partial charge in [-0.3, -0.25) is 14.9 Å². The van der Waals surface area contributed by atoms with Crippen LogP contribution in [0.15, 0.2) is 53.4 Å². The van der Waals surface area contributed by atoms with E-state index in [1.54, 1.807) is 12.1 Å². The van der Waals surface area contributed by atoms with E-state index in [2.05, 4.69) is 16.6 Å². The number of hydrogen-bond donors (Lipinski definition) is 2. The lowest BCUT2D eigenvalue weighted by Crippen LogP contribution is -2.23. The van der Waals surface area contributed by atoms with Crippen LogP contribution >= 0.6 is 0 Å². The number of carbonyl (C=O) groups excluding carboxylic acids is 1. The molecule has 0 heterocycles. The molecule has 0 fully saturated rings. The third kappa shape index (κ3) is 4.87. The zero-order chi connectivity index (χ0) is 18.4.